The van der Waals surface area contributed by atoms with E-state index in [9.17, 15) is 4.79 Å². The van der Waals surface area contributed by atoms with Gasteiger partial charge in [0.15, 0.2) is 0 Å². The Bertz CT molecular complexity index is 452. The molecule has 6 heteroatoms. The van der Waals surface area contributed by atoms with Crippen LogP contribution in [0.15, 0.2) is 28.9 Å². The summed E-state index contributed by atoms with van der Waals surface area (Å²) >= 11 is 0. The Balaban J connectivity index is 2.39. The molecule has 2 rings (SSSR count). The molecule has 0 fully saturated rings. The van der Waals surface area contributed by atoms with Crippen LogP contribution in [0.25, 0.3) is 11.5 Å². The van der Waals surface area contributed by atoms with Crippen LogP contribution >= 0.6 is 0 Å². The standard InChI is InChI=1S/C8H5N3O3/c12-8(13)7-10-6(11-14-7)5-3-1-2-4-9-5/h1-4H,(H,12,13). The zero-order chi connectivity index (χ0) is 9.97. The largest absolute Gasteiger partial charge is 0.474 e. The number of aromatic carboxylic acids is 1. The Morgan fingerprint density at radius 3 is 2.86 bits per heavy atom. The second-order valence-corrected chi connectivity index (χ2v) is 2.44. The van der Waals surface area contributed by atoms with Gasteiger partial charge in [-0.2, -0.15) is 4.98 Å². The molecule has 0 radical (unpaired) electrons. The van der Waals surface area contributed by atoms with Crippen LogP contribution in [-0.4, -0.2) is 26.2 Å². The summed E-state index contributed by atoms with van der Waals surface area (Å²) in [5, 5.41) is 12.0. The highest BCUT2D eigenvalue weighted by molar-refractivity contribution is 5.82. The molecule has 0 atom stereocenters. The molecule has 0 spiro atoms. The molecular formula is C8H5N3O3. The molecule has 0 unspecified atom stereocenters. The van der Waals surface area contributed by atoms with Gasteiger partial charge in [-0.1, -0.05) is 11.2 Å². The lowest BCUT2D eigenvalue weighted by Crippen LogP contribution is -1.95. The molecule has 0 amide bonds. The quantitative estimate of drug-likeness (QED) is 0.756. The van der Waals surface area contributed by atoms with E-state index in [2.05, 4.69) is 19.6 Å². The number of aromatic nitrogens is 3. The van der Waals surface area contributed by atoms with Gasteiger partial charge >= 0.3 is 11.9 Å². The fourth-order valence-corrected chi connectivity index (χ4v) is 0.909. The van der Waals surface area contributed by atoms with Gasteiger partial charge in [-0.15, -0.1) is 0 Å². The van der Waals surface area contributed by atoms with Gasteiger partial charge in [-0.25, -0.2) is 4.79 Å². The van der Waals surface area contributed by atoms with Crippen LogP contribution in [0, 0.1) is 0 Å². The second-order valence-electron chi connectivity index (χ2n) is 2.44. The Labute approximate surface area is 78.2 Å². The predicted molar refractivity (Wildman–Crippen MR) is 44.5 cm³/mol. The molecule has 0 aliphatic rings. The van der Waals surface area contributed by atoms with E-state index < -0.39 is 11.9 Å². The average molecular weight is 191 g/mol. The first-order valence-electron chi connectivity index (χ1n) is 3.76. The zero-order valence-electron chi connectivity index (χ0n) is 6.91. The molecule has 0 saturated carbocycles. The van der Waals surface area contributed by atoms with Gasteiger partial charge < -0.3 is 9.63 Å². The average Bonchev–Trinajstić information content (AvgIpc) is 2.68. The maximum atomic E-state index is 10.4. The van der Waals surface area contributed by atoms with Crippen LogP contribution in [0.5, 0.6) is 0 Å². The first-order chi connectivity index (χ1) is 6.77. The SMILES string of the molecule is O=C(O)c1nc(-c2ccccn2)no1. The van der Waals surface area contributed by atoms with Crippen molar-refractivity contribution < 1.29 is 14.4 Å². The molecule has 2 aromatic rings. The van der Waals surface area contributed by atoms with Crippen molar-refractivity contribution in [1.29, 1.82) is 0 Å². The van der Waals surface area contributed by atoms with Crippen molar-refractivity contribution in [3.05, 3.63) is 30.3 Å². The third-order valence-corrected chi connectivity index (χ3v) is 1.50. The molecule has 1 N–H and O–H groups in total. The lowest BCUT2D eigenvalue weighted by molar-refractivity contribution is 0.0643. The minimum atomic E-state index is -1.25. The molecule has 0 aliphatic carbocycles. The third kappa shape index (κ3) is 1.45. The van der Waals surface area contributed by atoms with Gasteiger partial charge in [-0.05, 0) is 12.1 Å². The first-order valence-corrected chi connectivity index (χ1v) is 3.76. The molecule has 6 nitrogen and oxygen atoms in total. The second kappa shape index (κ2) is 3.25. The molecule has 0 aromatic carbocycles. The highest BCUT2D eigenvalue weighted by Gasteiger charge is 2.14. The number of hydrogen-bond donors (Lipinski definition) is 1. The number of rotatable bonds is 2. The summed E-state index contributed by atoms with van der Waals surface area (Å²) < 4.78 is 4.48. The zero-order valence-corrected chi connectivity index (χ0v) is 6.91. The van der Waals surface area contributed by atoms with E-state index in [-0.39, 0.29) is 5.82 Å². The highest BCUT2D eigenvalue weighted by atomic mass is 16.5. The number of nitrogens with zero attached hydrogens (tertiary/aromatic N) is 3. The third-order valence-electron chi connectivity index (χ3n) is 1.50. The summed E-state index contributed by atoms with van der Waals surface area (Å²) in [5.41, 5.74) is 0.476. The summed E-state index contributed by atoms with van der Waals surface area (Å²) in [6, 6.07) is 5.15. The fourth-order valence-electron chi connectivity index (χ4n) is 0.909. The van der Waals surface area contributed by atoms with Crippen LogP contribution in [0.3, 0.4) is 0 Å². The molecule has 70 valence electrons. The van der Waals surface area contributed by atoms with Crippen molar-refractivity contribution in [2.45, 2.75) is 0 Å². The number of pyridine rings is 1. The van der Waals surface area contributed by atoms with E-state index in [1.54, 1.807) is 24.4 Å². The summed E-state index contributed by atoms with van der Waals surface area (Å²) in [6.07, 6.45) is 1.56. The van der Waals surface area contributed by atoms with Gasteiger partial charge in [0.05, 0.1) is 0 Å². The summed E-state index contributed by atoms with van der Waals surface area (Å²) in [4.78, 5) is 18.0. The van der Waals surface area contributed by atoms with Crippen molar-refractivity contribution in [2.24, 2.45) is 0 Å². The monoisotopic (exact) mass is 191 g/mol. The Morgan fingerprint density at radius 2 is 2.29 bits per heavy atom. The number of carboxylic acids is 1. The Hall–Kier alpha value is -2.24. The minimum Gasteiger partial charge on any atom is -0.474 e. The van der Waals surface area contributed by atoms with Gasteiger partial charge in [0.2, 0.25) is 5.82 Å². The van der Waals surface area contributed by atoms with Crippen molar-refractivity contribution >= 4 is 5.97 Å². The number of carboxylic acid groups (broad SMARTS) is 1. The fraction of sp³-hybridized carbons (Fsp3) is 0. The summed E-state index contributed by atoms with van der Waals surface area (Å²) in [5.74, 6) is -1.52. The molecular weight excluding hydrogens is 186 g/mol. The van der Waals surface area contributed by atoms with E-state index in [1.807, 2.05) is 0 Å². The van der Waals surface area contributed by atoms with E-state index in [4.69, 9.17) is 5.11 Å². The van der Waals surface area contributed by atoms with Crippen LogP contribution in [-0.2, 0) is 0 Å². The Kier molecular flexibility index (Phi) is 1.94. The predicted octanol–water partition coefficient (Wildman–Crippen LogP) is 0.830. The molecule has 14 heavy (non-hydrogen) atoms. The van der Waals surface area contributed by atoms with Crippen LogP contribution in [0.1, 0.15) is 10.7 Å². The lowest BCUT2D eigenvalue weighted by Gasteiger charge is -1.88. The van der Waals surface area contributed by atoms with E-state index in [1.165, 1.54) is 0 Å². The lowest BCUT2D eigenvalue weighted by atomic mass is 10.3. The maximum Gasteiger partial charge on any atom is 0.394 e. The highest BCUT2D eigenvalue weighted by Crippen LogP contribution is 2.11. The van der Waals surface area contributed by atoms with Crippen molar-refractivity contribution in [2.75, 3.05) is 0 Å². The van der Waals surface area contributed by atoms with Crippen molar-refractivity contribution in [1.82, 2.24) is 15.1 Å². The first kappa shape index (κ1) is 8.36. The van der Waals surface area contributed by atoms with E-state index in [0.717, 1.165) is 0 Å². The molecule has 0 saturated heterocycles. The van der Waals surface area contributed by atoms with Gasteiger partial charge in [-0.3, -0.25) is 4.98 Å². The number of hydrogen-bond acceptors (Lipinski definition) is 5. The van der Waals surface area contributed by atoms with Crippen LogP contribution < -0.4 is 0 Å². The van der Waals surface area contributed by atoms with Crippen LogP contribution in [0.2, 0.25) is 0 Å². The smallest absolute Gasteiger partial charge is 0.394 e. The van der Waals surface area contributed by atoms with Gasteiger partial charge in [0.25, 0.3) is 0 Å². The summed E-state index contributed by atoms with van der Waals surface area (Å²) in [7, 11) is 0. The number of carbonyl (C=O) groups is 1. The van der Waals surface area contributed by atoms with Gasteiger partial charge in [0, 0.05) is 6.20 Å². The molecule has 2 aromatic heterocycles. The van der Waals surface area contributed by atoms with Gasteiger partial charge in [0.1, 0.15) is 5.69 Å². The van der Waals surface area contributed by atoms with Crippen LogP contribution in [0.4, 0.5) is 0 Å². The van der Waals surface area contributed by atoms with Crippen molar-refractivity contribution in [3.8, 4) is 11.5 Å². The summed E-state index contributed by atoms with van der Waals surface area (Å²) in [6.45, 7) is 0. The minimum absolute atomic E-state index is 0.169. The Morgan fingerprint density at radius 1 is 1.43 bits per heavy atom. The molecule has 2 heterocycles. The topological polar surface area (TPSA) is 89.1 Å². The van der Waals surface area contributed by atoms with E-state index >= 15 is 0 Å². The van der Waals surface area contributed by atoms with E-state index in [0.29, 0.717) is 5.69 Å². The molecule has 0 aliphatic heterocycles. The van der Waals surface area contributed by atoms with Crippen molar-refractivity contribution in [3.63, 3.8) is 0 Å². The normalized spacial score (nSPS) is 10.0. The maximum absolute atomic E-state index is 10.4. The molecule has 0 bridgehead atoms.